The number of phosphoric ester groups is 1. The third kappa shape index (κ3) is 6.51. The van der Waals surface area contributed by atoms with E-state index in [1.165, 1.54) is 36.4 Å². The molecule has 3 aromatic rings. The Morgan fingerprint density at radius 3 is 1.03 bits per heavy atom. The van der Waals surface area contributed by atoms with Gasteiger partial charge in [-0.05, 0) is 55.7 Å². The van der Waals surface area contributed by atoms with E-state index in [1.807, 2.05) is 0 Å². The van der Waals surface area contributed by atoms with Gasteiger partial charge in [-0.2, -0.15) is 4.57 Å². The van der Waals surface area contributed by atoms with Crippen molar-refractivity contribution >= 4 is 24.9 Å². The zero-order chi connectivity index (χ0) is 25.9. The number of rotatable bonds is 9. The molecule has 35 heavy (non-hydrogen) atoms. The smallest absolute Gasteiger partial charge is 0.386 e. The van der Waals surface area contributed by atoms with E-state index in [4.69, 9.17) is 13.6 Å². The number of phosphoric acid groups is 1. The van der Waals surface area contributed by atoms with E-state index in [-0.39, 0.29) is 34.3 Å². The molecular formula is C21H18N3O10P. The topological polar surface area (TPSA) is 174 Å². The standard InChI is InChI=1S/C21H18N3O10P/c1-13-4-16(22(25)26)10-19(7-13)32-35(31,33-20-8-14(2)5-17(11-20)23(27)28)34-21-9-15(3)6-18(12-21)24(29)30/h4-12H,1-3H3. The van der Waals surface area contributed by atoms with Gasteiger partial charge in [0, 0.05) is 18.2 Å². The average Bonchev–Trinajstić information content (AvgIpc) is 2.71. The van der Waals surface area contributed by atoms with Gasteiger partial charge < -0.3 is 13.6 Å². The summed E-state index contributed by atoms with van der Waals surface area (Å²) in [6, 6.07) is 10.8. The molecular weight excluding hydrogens is 485 g/mol. The van der Waals surface area contributed by atoms with Crippen LogP contribution < -0.4 is 13.6 Å². The van der Waals surface area contributed by atoms with Crippen molar-refractivity contribution in [2.24, 2.45) is 0 Å². The molecule has 182 valence electrons. The van der Waals surface area contributed by atoms with Crippen LogP contribution in [0.25, 0.3) is 0 Å². The van der Waals surface area contributed by atoms with Gasteiger partial charge in [0.1, 0.15) is 17.2 Å². The van der Waals surface area contributed by atoms with Crippen LogP contribution in [0.2, 0.25) is 0 Å². The molecule has 0 radical (unpaired) electrons. The molecule has 0 aliphatic heterocycles. The second-order valence-corrected chi connectivity index (χ2v) is 8.95. The van der Waals surface area contributed by atoms with Crippen LogP contribution >= 0.6 is 7.82 Å². The predicted octanol–water partition coefficient (Wildman–Crippen LogP) is 5.98. The van der Waals surface area contributed by atoms with Crippen molar-refractivity contribution in [1.29, 1.82) is 0 Å². The first-order valence-corrected chi connectivity index (χ1v) is 11.3. The molecule has 0 spiro atoms. The Morgan fingerprint density at radius 1 is 0.543 bits per heavy atom. The fourth-order valence-corrected chi connectivity index (χ4v) is 4.31. The quantitative estimate of drug-likeness (QED) is 0.192. The summed E-state index contributed by atoms with van der Waals surface area (Å²) in [5.74, 6) is -0.738. The first-order chi connectivity index (χ1) is 16.3. The lowest BCUT2D eigenvalue weighted by atomic mass is 10.2. The molecule has 14 heteroatoms. The van der Waals surface area contributed by atoms with E-state index in [0.29, 0.717) is 16.7 Å². The molecule has 0 bridgehead atoms. The minimum atomic E-state index is -4.76. The summed E-state index contributed by atoms with van der Waals surface area (Å²) in [7, 11) is -4.76. The molecule has 0 fully saturated rings. The summed E-state index contributed by atoms with van der Waals surface area (Å²) in [5.41, 5.74) is 0.131. The molecule has 0 saturated carbocycles. The Bertz CT molecular complexity index is 1230. The Balaban J connectivity index is 2.08. The second kappa shape index (κ2) is 9.77. The lowest BCUT2D eigenvalue weighted by Crippen LogP contribution is -2.08. The maximum Gasteiger partial charge on any atom is 0.647 e. The highest BCUT2D eigenvalue weighted by atomic mass is 31.2. The largest absolute Gasteiger partial charge is 0.647 e. The summed E-state index contributed by atoms with van der Waals surface area (Å²) in [4.78, 5) is 31.6. The van der Waals surface area contributed by atoms with Crippen LogP contribution in [0, 0.1) is 51.1 Å². The van der Waals surface area contributed by atoms with E-state index in [1.54, 1.807) is 20.8 Å². The van der Waals surface area contributed by atoms with E-state index in [0.717, 1.165) is 18.2 Å². The highest BCUT2D eigenvalue weighted by molar-refractivity contribution is 7.49. The van der Waals surface area contributed by atoms with Gasteiger partial charge in [0.15, 0.2) is 0 Å². The minimum absolute atomic E-state index is 0.246. The van der Waals surface area contributed by atoms with Crippen LogP contribution in [0.4, 0.5) is 17.1 Å². The van der Waals surface area contributed by atoms with Crippen LogP contribution in [0.1, 0.15) is 16.7 Å². The molecule has 0 atom stereocenters. The van der Waals surface area contributed by atoms with Gasteiger partial charge >= 0.3 is 7.82 Å². The van der Waals surface area contributed by atoms with Gasteiger partial charge in [0.25, 0.3) is 17.1 Å². The Labute approximate surface area is 197 Å². The Morgan fingerprint density at radius 2 is 0.800 bits per heavy atom. The van der Waals surface area contributed by atoms with Crippen LogP contribution in [-0.2, 0) is 4.57 Å². The maximum absolute atomic E-state index is 13.7. The summed E-state index contributed by atoms with van der Waals surface area (Å²) in [5, 5.41) is 33.7. The number of benzene rings is 3. The number of hydrogen-bond donors (Lipinski definition) is 0. The fraction of sp³-hybridized carbons (Fsp3) is 0.143. The number of nitrogens with zero attached hydrogens (tertiary/aromatic N) is 3. The van der Waals surface area contributed by atoms with E-state index >= 15 is 0 Å². The molecule has 0 N–H and O–H groups in total. The summed E-state index contributed by atoms with van der Waals surface area (Å²) < 4.78 is 30.0. The SMILES string of the molecule is Cc1cc(OP(=O)(Oc2cc(C)cc([N+](=O)[O-])c2)Oc2cc(C)cc([N+](=O)[O-])c2)cc([N+](=O)[O-])c1. The zero-order valence-electron chi connectivity index (χ0n) is 18.6. The molecule has 13 nitrogen and oxygen atoms in total. The fourth-order valence-electron chi connectivity index (χ4n) is 3.10. The minimum Gasteiger partial charge on any atom is -0.386 e. The van der Waals surface area contributed by atoms with Crippen LogP contribution in [0.5, 0.6) is 17.2 Å². The van der Waals surface area contributed by atoms with E-state index < -0.39 is 22.6 Å². The monoisotopic (exact) mass is 503 g/mol. The van der Waals surface area contributed by atoms with Crippen molar-refractivity contribution in [3.63, 3.8) is 0 Å². The second-order valence-electron chi connectivity index (χ2n) is 7.51. The third-order valence-corrected chi connectivity index (χ3v) is 5.69. The van der Waals surface area contributed by atoms with Crippen molar-refractivity contribution in [3.8, 4) is 17.2 Å². The molecule has 0 unspecified atom stereocenters. The van der Waals surface area contributed by atoms with Gasteiger partial charge in [-0.25, -0.2) is 0 Å². The average molecular weight is 503 g/mol. The highest BCUT2D eigenvalue weighted by Gasteiger charge is 2.35. The van der Waals surface area contributed by atoms with Crippen LogP contribution in [0.15, 0.2) is 54.6 Å². The molecule has 0 saturated heterocycles. The van der Waals surface area contributed by atoms with Gasteiger partial charge in [-0.3, -0.25) is 30.3 Å². The van der Waals surface area contributed by atoms with Crippen LogP contribution in [-0.4, -0.2) is 14.8 Å². The van der Waals surface area contributed by atoms with Crippen molar-refractivity contribution in [2.75, 3.05) is 0 Å². The van der Waals surface area contributed by atoms with Crippen molar-refractivity contribution in [2.45, 2.75) is 20.8 Å². The Hall–Kier alpha value is -4.51. The zero-order valence-corrected chi connectivity index (χ0v) is 19.5. The highest BCUT2D eigenvalue weighted by Crippen LogP contribution is 2.51. The van der Waals surface area contributed by atoms with Gasteiger partial charge in [0.2, 0.25) is 0 Å². The van der Waals surface area contributed by atoms with Gasteiger partial charge in [-0.15, -0.1) is 0 Å². The van der Waals surface area contributed by atoms with Crippen molar-refractivity contribution < 1.29 is 32.9 Å². The number of aryl methyl sites for hydroxylation is 3. The van der Waals surface area contributed by atoms with Crippen LogP contribution in [0.3, 0.4) is 0 Å². The van der Waals surface area contributed by atoms with Gasteiger partial charge in [0.05, 0.1) is 33.0 Å². The number of non-ortho nitro benzene ring substituents is 3. The third-order valence-electron chi connectivity index (χ3n) is 4.39. The Kier molecular flexibility index (Phi) is 7.01. The van der Waals surface area contributed by atoms with E-state index in [9.17, 15) is 34.9 Å². The molecule has 0 heterocycles. The molecule has 3 aromatic carbocycles. The summed E-state index contributed by atoms with van der Waals surface area (Å²) >= 11 is 0. The molecule has 0 aliphatic rings. The normalized spacial score (nSPS) is 10.9. The lowest BCUT2D eigenvalue weighted by Gasteiger charge is -2.20. The first kappa shape index (κ1) is 25.1. The summed E-state index contributed by atoms with van der Waals surface area (Å²) in [6.07, 6.45) is 0. The molecule has 0 aromatic heterocycles. The van der Waals surface area contributed by atoms with E-state index in [2.05, 4.69) is 0 Å². The van der Waals surface area contributed by atoms with Crippen molar-refractivity contribution in [3.05, 3.63) is 102 Å². The van der Waals surface area contributed by atoms with Crippen molar-refractivity contribution in [1.82, 2.24) is 0 Å². The summed E-state index contributed by atoms with van der Waals surface area (Å²) in [6.45, 7) is 4.63. The number of hydrogen-bond acceptors (Lipinski definition) is 10. The first-order valence-electron chi connectivity index (χ1n) is 9.81. The molecule has 0 aliphatic carbocycles. The van der Waals surface area contributed by atoms with Gasteiger partial charge in [-0.1, -0.05) is 0 Å². The maximum atomic E-state index is 13.7. The molecule has 0 amide bonds. The number of nitro benzene ring substituents is 3. The predicted molar refractivity (Wildman–Crippen MR) is 123 cm³/mol. The molecule has 3 rings (SSSR count). The lowest BCUT2D eigenvalue weighted by molar-refractivity contribution is -0.385. The number of nitro groups is 3.